The first-order valence-corrected chi connectivity index (χ1v) is 13.7. The molecule has 1 aliphatic rings. The van der Waals surface area contributed by atoms with Gasteiger partial charge in [-0.25, -0.2) is 4.98 Å². The fourth-order valence-corrected chi connectivity index (χ4v) is 6.34. The number of imidazole rings is 1. The maximum atomic E-state index is 4.97. The number of thioether (sulfide) groups is 1. The van der Waals surface area contributed by atoms with E-state index in [4.69, 9.17) is 4.98 Å². The van der Waals surface area contributed by atoms with E-state index in [2.05, 4.69) is 104 Å². The Balaban J connectivity index is 0.00000158. The van der Waals surface area contributed by atoms with Gasteiger partial charge in [0.15, 0.2) is 0 Å². The number of hydrogen-bond donors (Lipinski definition) is 0. The monoisotopic (exact) mass is 476 g/mol. The standard InChI is InChI=1S/C29H38N2S.C2H6/c1-17-15-21(28(5,6)7)16-18(2)25(17)31-14-13-30-27(31)24-23(29(8,9)10)12-11-22-19(3)20(4)32-26(22)24;1-2/h11-16,19-20H,1-10H3;1-2H3. The zero-order valence-corrected chi connectivity index (χ0v) is 24.2. The van der Waals surface area contributed by atoms with Crippen LogP contribution in [0.4, 0.5) is 0 Å². The lowest BCUT2D eigenvalue weighted by atomic mass is 9.81. The maximum Gasteiger partial charge on any atom is 0.145 e. The molecule has 2 nitrogen and oxygen atoms in total. The minimum atomic E-state index is 0.0386. The van der Waals surface area contributed by atoms with Crippen LogP contribution in [-0.4, -0.2) is 14.8 Å². The highest BCUT2D eigenvalue weighted by atomic mass is 32.2. The second-order valence-electron chi connectivity index (χ2n) is 11.6. The second-order valence-corrected chi connectivity index (χ2v) is 13.0. The van der Waals surface area contributed by atoms with Crippen molar-refractivity contribution in [3.05, 3.63) is 64.5 Å². The molecule has 0 radical (unpaired) electrons. The van der Waals surface area contributed by atoms with E-state index in [-0.39, 0.29) is 10.8 Å². The van der Waals surface area contributed by atoms with E-state index >= 15 is 0 Å². The van der Waals surface area contributed by atoms with Crippen molar-refractivity contribution in [2.75, 3.05) is 0 Å². The maximum absolute atomic E-state index is 4.97. The van der Waals surface area contributed by atoms with Crippen LogP contribution in [0.5, 0.6) is 0 Å². The van der Waals surface area contributed by atoms with Gasteiger partial charge in [-0.3, -0.25) is 4.57 Å². The summed E-state index contributed by atoms with van der Waals surface area (Å²) < 4.78 is 2.33. The molecule has 2 unspecified atom stereocenters. The van der Waals surface area contributed by atoms with Gasteiger partial charge in [0.1, 0.15) is 5.82 Å². The zero-order chi connectivity index (χ0) is 25.6. The van der Waals surface area contributed by atoms with Gasteiger partial charge >= 0.3 is 0 Å². The van der Waals surface area contributed by atoms with Gasteiger partial charge in [-0.05, 0) is 58.4 Å². The molecule has 0 amide bonds. The largest absolute Gasteiger partial charge is 0.299 e. The average molecular weight is 477 g/mol. The molecule has 0 spiro atoms. The summed E-state index contributed by atoms with van der Waals surface area (Å²) in [6.07, 6.45) is 4.10. The first-order chi connectivity index (χ1) is 15.8. The molecule has 34 heavy (non-hydrogen) atoms. The molecule has 2 aromatic carbocycles. The van der Waals surface area contributed by atoms with Gasteiger partial charge in [0.05, 0.1) is 5.69 Å². The molecular weight excluding hydrogens is 432 g/mol. The van der Waals surface area contributed by atoms with Crippen molar-refractivity contribution in [1.29, 1.82) is 0 Å². The summed E-state index contributed by atoms with van der Waals surface area (Å²) in [5.41, 5.74) is 9.57. The molecule has 0 saturated carbocycles. The molecule has 0 bridgehead atoms. The summed E-state index contributed by atoms with van der Waals surface area (Å²) in [6.45, 7) is 27.0. The predicted molar refractivity (Wildman–Crippen MR) is 151 cm³/mol. The predicted octanol–water partition coefficient (Wildman–Crippen LogP) is 9.38. The third-order valence-corrected chi connectivity index (χ3v) is 8.41. The summed E-state index contributed by atoms with van der Waals surface area (Å²) in [4.78, 5) is 6.39. The molecule has 184 valence electrons. The fraction of sp³-hybridized carbons (Fsp3) is 0.516. The quantitative estimate of drug-likeness (QED) is 0.366. The summed E-state index contributed by atoms with van der Waals surface area (Å²) in [7, 11) is 0. The van der Waals surface area contributed by atoms with Crippen molar-refractivity contribution >= 4 is 11.8 Å². The Hall–Kier alpha value is -2.00. The lowest BCUT2D eigenvalue weighted by molar-refractivity contribution is 0.588. The van der Waals surface area contributed by atoms with E-state index in [1.807, 2.05) is 31.8 Å². The van der Waals surface area contributed by atoms with Crippen LogP contribution in [0.2, 0.25) is 0 Å². The second kappa shape index (κ2) is 9.57. The van der Waals surface area contributed by atoms with Crippen LogP contribution in [0.3, 0.4) is 0 Å². The summed E-state index contributed by atoms with van der Waals surface area (Å²) in [6, 6.07) is 9.42. The molecule has 2 heterocycles. The highest BCUT2D eigenvalue weighted by molar-refractivity contribution is 8.00. The van der Waals surface area contributed by atoms with Crippen LogP contribution in [0.1, 0.15) is 103 Å². The summed E-state index contributed by atoms with van der Waals surface area (Å²) >= 11 is 2.02. The van der Waals surface area contributed by atoms with E-state index < -0.39 is 0 Å². The van der Waals surface area contributed by atoms with Crippen LogP contribution in [-0.2, 0) is 10.8 Å². The van der Waals surface area contributed by atoms with Crippen LogP contribution >= 0.6 is 11.8 Å². The molecule has 0 N–H and O–H groups in total. The van der Waals surface area contributed by atoms with E-state index in [1.165, 1.54) is 44.0 Å². The molecule has 2 atom stereocenters. The van der Waals surface area contributed by atoms with Crippen molar-refractivity contribution in [3.63, 3.8) is 0 Å². The third-order valence-electron chi connectivity index (χ3n) is 6.96. The van der Waals surface area contributed by atoms with Crippen LogP contribution in [0.15, 0.2) is 41.6 Å². The molecule has 0 fully saturated rings. The van der Waals surface area contributed by atoms with Gasteiger partial charge in [0.25, 0.3) is 0 Å². The topological polar surface area (TPSA) is 17.8 Å². The van der Waals surface area contributed by atoms with Crippen molar-refractivity contribution in [3.8, 4) is 17.1 Å². The lowest BCUT2D eigenvalue weighted by Gasteiger charge is -2.26. The Morgan fingerprint density at radius 2 is 1.47 bits per heavy atom. The number of benzene rings is 2. The van der Waals surface area contributed by atoms with Gasteiger partial charge in [-0.2, -0.15) is 0 Å². The van der Waals surface area contributed by atoms with Crippen LogP contribution in [0.25, 0.3) is 17.1 Å². The minimum Gasteiger partial charge on any atom is -0.299 e. The SMILES string of the molecule is CC.Cc1cc(C(C)(C)C)cc(C)c1-n1ccnc1-c1c(C(C)(C)C)ccc2c1SC(C)C2C. The lowest BCUT2D eigenvalue weighted by Crippen LogP contribution is -2.16. The fourth-order valence-electron chi connectivity index (χ4n) is 4.91. The number of hydrogen-bond acceptors (Lipinski definition) is 2. The van der Waals surface area contributed by atoms with E-state index in [9.17, 15) is 0 Å². The van der Waals surface area contributed by atoms with Crippen molar-refractivity contribution in [1.82, 2.24) is 9.55 Å². The van der Waals surface area contributed by atoms with Crippen LogP contribution in [0, 0.1) is 13.8 Å². The molecule has 1 aliphatic heterocycles. The van der Waals surface area contributed by atoms with Crippen molar-refractivity contribution in [2.24, 2.45) is 0 Å². The van der Waals surface area contributed by atoms with Gasteiger partial charge in [0.2, 0.25) is 0 Å². The minimum absolute atomic E-state index is 0.0386. The first-order valence-electron chi connectivity index (χ1n) is 12.8. The molecule has 0 saturated heterocycles. The van der Waals surface area contributed by atoms with E-state index in [0.29, 0.717) is 11.2 Å². The summed E-state index contributed by atoms with van der Waals surface area (Å²) in [5, 5.41) is 0.580. The number of nitrogens with zero attached hydrogens (tertiary/aromatic N) is 2. The Morgan fingerprint density at radius 3 is 2.00 bits per heavy atom. The van der Waals surface area contributed by atoms with Gasteiger partial charge in [-0.1, -0.05) is 93.5 Å². The molecule has 0 aliphatic carbocycles. The number of fused-ring (bicyclic) bond motifs is 1. The Morgan fingerprint density at radius 1 is 0.882 bits per heavy atom. The molecule has 1 aromatic heterocycles. The third kappa shape index (κ3) is 4.73. The number of aromatic nitrogens is 2. The van der Waals surface area contributed by atoms with Gasteiger partial charge in [0, 0.05) is 28.1 Å². The van der Waals surface area contributed by atoms with Crippen molar-refractivity contribution < 1.29 is 0 Å². The Labute approximate surface area is 212 Å². The summed E-state index contributed by atoms with van der Waals surface area (Å²) in [5.74, 6) is 1.62. The molecule has 3 heteroatoms. The van der Waals surface area contributed by atoms with Crippen LogP contribution < -0.4 is 0 Å². The molecule has 4 rings (SSSR count). The highest BCUT2D eigenvalue weighted by Gasteiger charge is 2.34. The first kappa shape index (κ1) is 26.6. The van der Waals surface area contributed by atoms with Crippen molar-refractivity contribution in [2.45, 2.75) is 110 Å². The smallest absolute Gasteiger partial charge is 0.145 e. The normalized spacial score (nSPS) is 17.9. The molecular formula is C31H44N2S. The highest BCUT2D eigenvalue weighted by Crippen LogP contribution is 2.52. The van der Waals surface area contributed by atoms with Gasteiger partial charge < -0.3 is 0 Å². The van der Waals surface area contributed by atoms with Gasteiger partial charge in [-0.15, -0.1) is 11.8 Å². The zero-order valence-electron chi connectivity index (χ0n) is 23.4. The molecule has 3 aromatic rings. The Kier molecular flexibility index (Phi) is 7.49. The van der Waals surface area contributed by atoms with E-state index in [0.717, 1.165) is 5.82 Å². The average Bonchev–Trinajstić information content (AvgIpc) is 3.32. The van der Waals surface area contributed by atoms with E-state index in [1.54, 1.807) is 0 Å². The Bertz CT molecular complexity index is 1150. The number of rotatable bonds is 2. The number of aryl methyl sites for hydroxylation is 2.